The quantitative estimate of drug-likeness (QED) is 0.562. The lowest BCUT2D eigenvalue weighted by atomic mass is 10.1. The Labute approximate surface area is 190 Å². The van der Waals surface area contributed by atoms with E-state index in [1.165, 1.54) is 5.56 Å². The third kappa shape index (κ3) is 5.85. The maximum atomic E-state index is 12.8. The Balaban J connectivity index is 1.49. The highest BCUT2D eigenvalue weighted by molar-refractivity contribution is 5.76. The molecule has 1 fully saturated rings. The zero-order valence-electron chi connectivity index (χ0n) is 19.6. The van der Waals surface area contributed by atoms with Crippen LogP contribution in [0.25, 0.3) is 0 Å². The number of ether oxygens (including phenoxy) is 4. The van der Waals surface area contributed by atoms with Crippen molar-refractivity contribution in [1.82, 2.24) is 9.80 Å². The molecule has 2 aromatic rings. The molecule has 1 aliphatic rings. The SMILES string of the molecule is CCOc1ccc(CN2CCN(C(=O)CCc3ccc(OC)c(OC)c3OC)CC2)cc1. The predicted molar refractivity (Wildman–Crippen MR) is 124 cm³/mol. The van der Waals surface area contributed by atoms with Crippen molar-refractivity contribution in [2.24, 2.45) is 0 Å². The second-order valence-electron chi connectivity index (χ2n) is 7.73. The minimum absolute atomic E-state index is 0.169. The number of benzene rings is 2. The van der Waals surface area contributed by atoms with Crippen LogP contribution >= 0.6 is 0 Å². The van der Waals surface area contributed by atoms with Crippen LogP contribution in [0.1, 0.15) is 24.5 Å². The van der Waals surface area contributed by atoms with Gasteiger partial charge < -0.3 is 23.8 Å². The van der Waals surface area contributed by atoms with Crippen molar-refractivity contribution in [2.75, 3.05) is 54.1 Å². The number of amides is 1. The summed E-state index contributed by atoms with van der Waals surface area (Å²) in [7, 11) is 4.78. The molecule has 1 amide bonds. The number of carbonyl (C=O) groups excluding carboxylic acids is 1. The van der Waals surface area contributed by atoms with E-state index in [9.17, 15) is 4.79 Å². The zero-order valence-corrected chi connectivity index (χ0v) is 19.6. The molecule has 7 heteroatoms. The first kappa shape index (κ1) is 23.7. The molecule has 2 aromatic carbocycles. The van der Waals surface area contributed by atoms with Gasteiger partial charge in [0.15, 0.2) is 11.5 Å². The molecule has 0 aliphatic carbocycles. The van der Waals surface area contributed by atoms with Gasteiger partial charge in [0.1, 0.15) is 5.75 Å². The summed E-state index contributed by atoms with van der Waals surface area (Å²) in [5, 5.41) is 0. The molecule has 32 heavy (non-hydrogen) atoms. The number of carbonyl (C=O) groups is 1. The molecule has 1 saturated heterocycles. The first-order valence-electron chi connectivity index (χ1n) is 11.1. The Morgan fingerprint density at radius 3 is 2.16 bits per heavy atom. The van der Waals surface area contributed by atoms with Gasteiger partial charge in [0.25, 0.3) is 0 Å². The smallest absolute Gasteiger partial charge is 0.222 e. The fraction of sp³-hybridized carbons (Fsp3) is 0.480. The van der Waals surface area contributed by atoms with Crippen LogP contribution in [0.3, 0.4) is 0 Å². The number of rotatable bonds is 10. The van der Waals surface area contributed by atoms with Crippen LogP contribution < -0.4 is 18.9 Å². The minimum Gasteiger partial charge on any atom is -0.494 e. The highest BCUT2D eigenvalue weighted by atomic mass is 16.5. The van der Waals surface area contributed by atoms with Crippen molar-refractivity contribution >= 4 is 5.91 Å². The van der Waals surface area contributed by atoms with E-state index in [0.29, 0.717) is 36.7 Å². The van der Waals surface area contributed by atoms with E-state index in [1.54, 1.807) is 21.3 Å². The largest absolute Gasteiger partial charge is 0.494 e. The number of nitrogens with zero attached hydrogens (tertiary/aromatic N) is 2. The number of piperazine rings is 1. The molecule has 0 atom stereocenters. The predicted octanol–water partition coefficient (Wildman–Crippen LogP) is 3.39. The average Bonchev–Trinajstić information content (AvgIpc) is 2.83. The molecule has 7 nitrogen and oxygen atoms in total. The van der Waals surface area contributed by atoms with E-state index >= 15 is 0 Å². The summed E-state index contributed by atoms with van der Waals surface area (Å²) in [6.07, 6.45) is 1.03. The highest BCUT2D eigenvalue weighted by Gasteiger charge is 2.22. The number of methoxy groups -OCH3 is 3. The molecular formula is C25H34N2O5. The number of aryl methyl sites for hydroxylation is 1. The molecule has 1 heterocycles. The van der Waals surface area contributed by atoms with Gasteiger partial charge in [-0.05, 0) is 42.7 Å². The maximum Gasteiger partial charge on any atom is 0.222 e. The normalized spacial score (nSPS) is 14.2. The van der Waals surface area contributed by atoms with Crippen molar-refractivity contribution in [3.8, 4) is 23.0 Å². The molecule has 0 N–H and O–H groups in total. The van der Waals surface area contributed by atoms with E-state index in [4.69, 9.17) is 18.9 Å². The summed E-state index contributed by atoms with van der Waals surface area (Å²) < 4.78 is 21.8. The first-order chi connectivity index (χ1) is 15.6. The zero-order chi connectivity index (χ0) is 22.9. The molecule has 0 bridgehead atoms. The van der Waals surface area contributed by atoms with Crippen molar-refractivity contribution in [1.29, 1.82) is 0 Å². The van der Waals surface area contributed by atoms with Gasteiger partial charge in [-0.3, -0.25) is 9.69 Å². The lowest BCUT2D eigenvalue weighted by Gasteiger charge is -2.35. The molecule has 1 aliphatic heterocycles. The third-order valence-corrected chi connectivity index (χ3v) is 5.76. The molecule has 3 rings (SSSR count). The summed E-state index contributed by atoms with van der Waals surface area (Å²) >= 11 is 0. The van der Waals surface area contributed by atoms with Gasteiger partial charge in [0, 0.05) is 39.1 Å². The lowest BCUT2D eigenvalue weighted by Crippen LogP contribution is -2.48. The Hall–Kier alpha value is -2.93. The van der Waals surface area contributed by atoms with Gasteiger partial charge in [-0.25, -0.2) is 0 Å². The molecule has 0 radical (unpaired) electrons. The van der Waals surface area contributed by atoms with E-state index < -0.39 is 0 Å². The Morgan fingerprint density at radius 1 is 0.875 bits per heavy atom. The standard InChI is InChI=1S/C25H34N2O5/c1-5-32-21-10-6-19(7-11-21)18-26-14-16-27(17-15-26)23(28)13-9-20-8-12-22(29-2)25(31-4)24(20)30-3/h6-8,10-12H,5,9,13-18H2,1-4H3. The molecule has 0 spiro atoms. The van der Waals surface area contributed by atoms with E-state index in [-0.39, 0.29) is 5.91 Å². The summed E-state index contributed by atoms with van der Waals surface area (Å²) in [6.45, 7) is 6.79. The second-order valence-corrected chi connectivity index (χ2v) is 7.73. The van der Waals surface area contributed by atoms with Crippen LogP contribution in [0, 0.1) is 0 Å². The van der Waals surface area contributed by atoms with E-state index in [0.717, 1.165) is 44.0 Å². The van der Waals surface area contributed by atoms with Crippen LogP contribution in [-0.2, 0) is 17.8 Å². The average molecular weight is 443 g/mol. The Morgan fingerprint density at radius 2 is 1.56 bits per heavy atom. The van der Waals surface area contributed by atoms with Gasteiger partial charge in [-0.2, -0.15) is 0 Å². The molecule has 174 valence electrons. The summed E-state index contributed by atoms with van der Waals surface area (Å²) in [4.78, 5) is 17.2. The van der Waals surface area contributed by atoms with Crippen molar-refractivity contribution in [2.45, 2.75) is 26.3 Å². The highest BCUT2D eigenvalue weighted by Crippen LogP contribution is 2.40. The fourth-order valence-corrected chi connectivity index (χ4v) is 4.03. The van der Waals surface area contributed by atoms with Crippen LogP contribution in [-0.4, -0.2) is 69.8 Å². The van der Waals surface area contributed by atoms with Gasteiger partial charge in [0.2, 0.25) is 11.7 Å². The topological polar surface area (TPSA) is 60.5 Å². The summed E-state index contributed by atoms with van der Waals surface area (Å²) in [5.74, 6) is 2.87. The van der Waals surface area contributed by atoms with Crippen LogP contribution in [0.5, 0.6) is 23.0 Å². The van der Waals surface area contributed by atoms with Gasteiger partial charge in [-0.15, -0.1) is 0 Å². The van der Waals surface area contributed by atoms with Crippen molar-refractivity contribution < 1.29 is 23.7 Å². The molecular weight excluding hydrogens is 408 g/mol. The van der Waals surface area contributed by atoms with E-state index in [1.807, 2.05) is 36.1 Å². The van der Waals surface area contributed by atoms with Crippen LogP contribution in [0.4, 0.5) is 0 Å². The van der Waals surface area contributed by atoms with Gasteiger partial charge >= 0.3 is 0 Å². The van der Waals surface area contributed by atoms with Crippen molar-refractivity contribution in [3.05, 3.63) is 47.5 Å². The molecule has 0 aromatic heterocycles. The molecule has 0 saturated carbocycles. The first-order valence-corrected chi connectivity index (χ1v) is 11.1. The third-order valence-electron chi connectivity index (χ3n) is 5.76. The second kappa shape index (κ2) is 11.6. The van der Waals surface area contributed by atoms with Crippen LogP contribution in [0.2, 0.25) is 0 Å². The van der Waals surface area contributed by atoms with Gasteiger partial charge in [0.05, 0.1) is 27.9 Å². The minimum atomic E-state index is 0.169. The summed E-state index contributed by atoms with van der Waals surface area (Å²) in [6, 6.07) is 12.0. The monoisotopic (exact) mass is 442 g/mol. The van der Waals surface area contributed by atoms with E-state index in [2.05, 4.69) is 17.0 Å². The lowest BCUT2D eigenvalue weighted by molar-refractivity contribution is -0.133. The fourth-order valence-electron chi connectivity index (χ4n) is 4.03. The van der Waals surface area contributed by atoms with Crippen LogP contribution in [0.15, 0.2) is 36.4 Å². The summed E-state index contributed by atoms with van der Waals surface area (Å²) in [5.41, 5.74) is 2.20. The maximum absolute atomic E-state index is 12.8. The number of hydrogen-bond acceptors (Lipinski definition) is 6. The Bertz CT molecular complexity index is 877. The van der Waals surface area contributed by atoms with Crippen molar-refractivity contribution in [3.63, 3.8) is 0 Å². The van der Waals surface area contributed by atoms with Gasteiger partial charge in [-0.1, -0.05) is 18.2 Å². The number of hydrogen-bond donors (Lipinski definition) is 0. The molecule has 0 unspecified atom stereocenters. The Kier molecular flexibility index (Phi) is 8.62.